The van der Waals surface area contributed by atoms with Crippen LogP contribution in [0, 0.1) is 0 Å². The molecule has 0 aliphatic heterocycles. The van der Waals surface area contributed by atoms with Gasteiger partial charge < -0.3 is 5.73 Å². The van der Waals surface area contributed by atoms with Crippen molar-refractivity contribution >= 4 is 33.3 Å². The van der Waals surface area contributed by atoms with Crippen LogP contribution in [0.2, 0.25) is 5.02 Å². The monoisotopic (exact) mass is 326 g/mol. The SMILES string of the molecule is CCCc1nc(-c2ncccc2Cl)nc(N)c1Br. The third-order valence-corrected chi connectivity index (χ3v) is 3.57. The predicted octanol–water partition coefficient (Wildman–Crippen LogP) is 3.49. The molecule has 0 aromatic carbocycles. The van der Waals surface area contributed by atoms with Gasteiger partial charge in [0.05, 0.1) is 15.2 Å². The van der Waals surface area contributed by atoms with E-state index in [1.165, 1.54) is 0 Å². The van der Waals surface area contributed by atoms with E-state index in [1.54, 1.807) is 18.3 Å². The normalized spacial score (nSPS) is 10.6. The van der Waals surface area contributed by atoms with Gasteiger partial charge in [-0.05, 0) is 34.5 Å². The summed E-state index contributed by atoms with van der Waals surface area (Å²) in [6.45, 7) is 2.08. The molecule has 0 atom stereocenters. The van der Waals surface area contributed by atoms with Crippen molar-refractivity contribution in [1.29, 1.82) is 0 Å². The van der Waals surface area contributed by atoms with Crippen LogP contribution in [0.5, 0.6) is 0 Å². The van der Waals surface area contributed by atoms with Crippen LogP contribution in [0.3, 0.4) is 0 Å². The summed E-state index contributed by atoms with van der Waals surface area (Å²) in [5, 5.41) is 0.515. The molecule has 2 heterocycles. The molecule has 0 aliphatic rings. The number of hydrogen-bond acceptors (Lipinski definition) is 4. The van der Waals surface area contributed by atoms with Crippen molar-refractivity contribution < 1.29 is 0 Å². The zero-order chi connectivity index (χ0) is 13.1. The molecule has 0 fully saturated rings. The number of rotatable bonds is 3. The molecule has 2 rings (SSSR count). The van der Waals surface area contributed by atoms with Gasteiger partial charge in [0, 0.05) is 6.20 Å². The zero-order valence-electron chi connectivity index (χ0n) is 9.82. The maximum atomic E-state index is 6.09. The van der Waals surface area contributed by atoms with E-state index in [-0.39, 0.29) is 0 Å². The zero-order valence-corrected chi connectivity index (χ0v) is 12.2. The van der Waals surface area contributed by atoms with Crippen LogP contribution >= 0.6 is 27.5 Å². The summed E-state index contributed by atoms with van der Waals surface area (Å²) < 4.78 is 0.750. The standard InChI is InChI=1S/C12H12BrClN4/c1-2-4-8-9(13)11(15)18-12(17-8)10-7(14)5-3-6-16-10/h3,5-6H,2,4H2,1H3,(H2,15,17,18). The molecule has 4 nitrogen and oxygen atoms in total. The number of nitrogens with two attached hydrogens (primary N) is 1. The third kappa shape index (κ3) is 2.62. The van der Waals surface area contributed by atoms with Crippen molar-refractivity contribution in [1.82, 2.24) is 15.0 Å². The van der Waals surface area contributed by atoms with E-state index in [4.69, 9.17) is 17.3 Å². The quantitative estimate of drug-likeness (QED) is 0.937. The van der Waals surface area contributed by atoms with Crippen LogP contribution in [0.4, 0.5) is 5.82 Å². The Labute approximate surface area is 119 Å². The van der Waals surface area contributed by atoms with Crippen molar-refractivity contribution in [3.05, 3.63) is 33.5 Å². The minimum Gasteiger partial charge on any atom is -0.383 e. The van der Waals surface area contributed by atoms with Gasteiger partial charge in [-0.2, -0.15) is 0 Å². The molecule has 0 amide bonds. The molecule has 2 aromatic rings. The molecule has 0 bridgehead atoms. The summed E-state index contributed by atoms with van der Waals surface area (Å²) in [5.41, 5.74) is 7.30. The summed E-state index contributed by atoms with van der Waals surface area (Å²) in [7, 11) is 0. The van der Waals surface area contributed by atoms with Crippen molar-refractivity contribution in [2.75, 3.05) is 5.73 Å². The van der Waals surface area contributed by atoms with E-state index < -0.39 is 0 Å². The lowest BCUT2D eigenvalue weighted by Gasteiger charge is -2.08. The third-order valence-electron chi connectivity index (χ3n) is 2.40. The summed E-state index contributed by atoms with van der Waals surface area (Å²) in [4.78, 5) is 12.9. The highest BCUT2D eigenvalue weighted by Crippen LogP contribution is 2.28. The minimum absolute atomic E-state index is 0.408. The average Bonchev–Trinajstić information content (AvgIpc) is 2.35. The Morgan fingerprint density at radius 2 is 2.17 bits per heavy atom. The van der Waals surface area contributed by atoms with Gasteiger partial charge >= 0.3 is 0 Å². The summed E-state index contributed by atoms with van der Waals surface area (Å²) in [6.07, 6.45) is 3.46. The smallest absolute Gasteiger partial charge is 0.182 e. The van der Waals surface area contributed by atoms with Gasteiger partial charge in [-0.1, -0.05) is 24.9 Å². The summed E-state index contributed by atoms with van der Waals surface area (Å²) >= 11 is 9.49. The Morgan fingerprint density at radius 3 is 2.83 bits per heavy atom. The molecule has 0 spiro atoms. The molecule has 94 valence electrons. The molecular formula is C12H12BrClN4. The van der Waals surface area contributed by atoms with E-state index in [9.17, 15) is 0 Å². The van der Waals surface area contributed by atoms with E-state index in [0.29, 0.717) is 22.4 Å². The Bertz CT molecular complexity index is 574. The average molecular weight is 328 g/mol. The summed E-state index contributed by atoms with van der Waals surface area (Å²) in [6, 6.07) is 3.52. The first kappa shape index (κ1) is 13.2. The first-order valence-corrected chi connectivity index (χ1v) is 6.73. The highest BCUT2D eigenvalue weighted by molar-refractivity contribution is 9.10. The Hall–Kier alpha value is -1.20. The van der Waals surface area contributed by atoms with Gasteiger partial charge in [-0.25, -0.2) is 9.97 Å². The number of aryl methyl sites for hydroxylation is 1. The number of hydrogen-bond donors (Lipinski definition) is 1. The molecule has 2 N–H and O–H groups in total. The highest BCUT2D eigenvalue weighted by atomic mass is 79.9. The molecular weight excluding hydrogens is 316 g/mol. The number of halogens is 2. The van der Waals surface area contributed by atoms with Gasteiger partial charge in [0.25, 0.3) is 0 Å². The Morgan fingerprint density at radius 1 is 1.39 bits per heavy atom. The molecule has 2 aromatic heterocycles. The number of anilines is 1. The topological polar surface area (TPSA) is 64.7 Å². The Balaban J connectivity index is 2.56. The highest BCUT2D eigenvalue weighted by Gasteiger charge is 2.13. The van der Waals surface area contributed by atoms with Crippen molar-refractivity contribution in [3.63, 3.8) is 0 Å². The van der Waals surface area contributed by atoms with Crippen molar-refractivity contribution in [2.24, 2.45) is 0 Å². The second kappa shape index (κ2) is 5.63. The first-order chi connectivity index (χ1) is 8.63. The van der Waals surface area contributed by atoms with Crippen LogP contribution in [-0.2, 0) is 6.42 Å². The van der Waals surface area contributed by atoms with Gasteiger partial charge in [0.1, 0.15) is 11.5 Å². The number of aromatic nitrogens is 3. The van der Waals surface area contributed by atoms with Crippen LogP contribution in [0.1, 0.15) is 19.0 Å². The number of nitrogen functional groups attached to an aromatic ring is 1. The molecule has 0 aliphatic carbocycles. The van der Waals surface area contributed by atoms with Crippen LogP contribution < -0.4 is 5.73 Å². The lowest BCUT2D eigenvalue weighted by molar-refractivity contribution is 0.868. The summed E-state index contributed by atoms with van der Waals surface area (Å²) in [5.74, 6) is 0.870. The second-order valence-electron chi connectivity index (χ2n) is 3.78. The molecule has 0 saturated carbocycles. The van der Waals surface area contributed by atoms with Gasteiger partial charge in [-0.15, -0.1) is 0 Å². The lowest BCUT2D eigenvalue weighted by Crippen LogP contribution is -2.03. The number of pyridine rings is 1. The van der Waals surface area contributed by atoms with Crippen LogP contribution in [0.15, 0.2) is 22.8 Å². The molecule has 0 unspecified atom stereocenters. The largest absolute Gasteiger partial charge is 0.383 e. The maximum Gasteiger partial charge on any atom is 0.182 e. The van der Waals surface area contributed by atoms with E-state index >= 15 is 0 Å². The fourth-order valence-corrected chi connectivity index (χ4v) is 2.15. The van der Waals surface area contributed by atoms with Gasteiger partial charge in [0.15, 0.2) is 5.82 Å². The van der Waals surface area contributed by atoms with E-state index in [1.807, 2.05) is 0 Å². The van der Waals surface area contributed by atoms with Crippen molar-refractivity contribution in [2.45, 2.75) is 19.8 Å². The maximum absolute atomic E-state index is 6.09. The fraction of sp³-hybridized carbons (Fsp3) is 0.250. The predicted molar refractivity (Wildman–Crippen MR) is 76.4 cm³/mol. The second-order valence-corrected chi connectivity index (χ2v) is 4.98. The van der Waals surface area contributed by atoms with Gasteiger partial charge in [0.2, 0.25) is 0 Å². The molecule has 0 saturated heterocycles. The van der Waals surface area contributed by atoms with E-state index in [0.717, 1.165) is 23.0 Å². The molecule has 18 heavy (non-hydrogen) atoms. The number of nitrogens with zero attached hydrogens (tertiary/aromatic N) is 3. The van der Waals surface area contributed by atoms with Crippen LogP contribution in [0.25, 0.3) is 11.5 Å². The first-order valence-electron chi connectivity index (χ1n) is 5.56. The fourth-order valence-electron chi connectivity index (χ4n) is 1.57. The molecule has 6 heteroatoms. The van der Waals surface area contributed by atoms with E-state index in [2.05, 4.69) is 37.8 Å². The van der Waals surface area contributed by atoms with Gasteiger partial charge in [-0.3, -0.25) is 4.98 Å². The van der Waals surface area contributed by atoms with Crippen LogP contribution in [-0.4, -0.2) is 15.0 Å². The Kier molecular flexibility index (Phi) is 4.14. The lowest BCUT2D eigenvalue weighted by atomic mass is 10.2. The van der Waals surface area contributed by atoms with Crippen molar-refractivity contribution in [3.8, 4) is 11.5 Å². The molecule has 0 radical (unpaired) electrons. The minimum atomic E-state index is 0.408.